The van der Waals surface area contributed by atoms with Crippen LogP contribution in [0.2, 0.25) is 0 Å². The van der Waals surface area contributed by atoms with Gasteiger partial charge in [-0.25, -0.2) is 0 Å². The molecule has 0 unspecified atom stereocenters. The molecule has 1 aromatic rings. The van der Waals surface area contributed by atoms with Crippen LogP contribution in [0.25, 0.3) is 0 Å². The minimum absolute atomic E-state index is 0. The van der Waals surface area contributed by atoms with Gasteiger partial charge in [-0.3, -0.25) is 0 Å². The third-order valence-electron chi connectivity index (χ3n) is 3.20. The predicted molar refractivity (Wildman–Crippen MR) is 66.0 cm³/mol. The molecular weight excluding hydrogens is 242 g/mol. The number of rotatable bonds is 3. The number of ether oxygens (including phenoxy) is 3. The summed E-state index contributed by atoms with van der Waals surface area (Å²) < 4.78 is 16.0. The maximum Gasteiger partial charge on any atom is 0.231 e. The summed E-state index contributed by atoms with van der Waals surface area (Å²) in [7, 11) is 1.63. The molecule has 4 nitrogen and oxygen atoms in total. The number of hydrogen-bond donors (Lipinski definition) is 1. The Morgan fingerprint density at radius 2 is 2.12 bits per heavy atom. The van der Waals surface area contributed by atoms with Crippen molar-refractivity contribution >= 4 is 12.4 Å². The molecule has 2 N–H and O–H groups in total. The van der Waals surface area contributed by atoms with Crippen molar-refractivity contribution in [1.29, 1.82) is 0 Å². The maximum absolute atomic E-state index is 6.17. The Morgan fingerprint density at radius 3 is 2.76 bits per heavy atom. The summed E-state index contributed by atoms with van der Waals surface area (Å²) in [4.78, 5) is 0. The molecule has 5 heteroatoms. The van der Waals surface area contributed by atoms with Gasteiger partial charge in [0.05, 0.1) is 7.11 Å². The van der Waals surface area contributed by atoms with Gasteiger partial charge in [0.1, 0.15) is 0 Å². The van der Waals surface area contributed by atoms with Crippen LogP contribution in [-0.2, 0) is 0 Å². The number of halogens is 1. The van der Waals surface area contributed by atoms with Crippen molar-refractivity contribution in [2.24, 2.45) is 11.7 Å². The lowest BCUT2D eigenvalue weighted by molar-refractivity contribution is 0.171. The van der Waals surface area contributed by atoms with Crippen LogP contribution in [-0.4, -0.2) is 13.9 Å². The average Bonchev–Trinajstić information content (AvgIpc) is 3.05. The molecule has 17 heavy (non-hydrogen) atoms. The van der Waals surface area contributed by atoms with Crippen molar-refractivity contribution in [3.63, 3.8) is 0 Å². The zero-order chi connectivity index (χ0) is 11.1. The Hall–Kier alpha value is -1.13. The molecule has 1 atom stereocenters. The predicted octanol–water partition coefficient (Wildman–Crippen LogP) is 2.26. The highest BCUT2D eigenvalue weighted by atomic mass is 35.5. The first-order valence-electron chi connectivity index (χ1n) is 5.52. The monoisotopic (exact) mass is 257 g/mol. The molecule has 0 bridgehead atoms. The fourth-order valence-electron chi connectivity index (χ4n) is 2.07. The average molecular weight is 258 g/mol. The Balaban J connectivity index is 0.00000108. The van der Waals surface area contributed by atoms with Gasteiger partial charge in [0.15, 0.2) is 11.5 Å². The number of hydrogen-bond acceptors (Lipinski definition) is 4. The fourth-order valence-corrected chi connectivity index (χ4v) is 2.07. The van der Waals surface area contributed by atoms with E-state index >= 15 is 0 Å². The molecule has 3 rings (SSSR count). The number of fused-ring (bicyclic) bond motifs is 1. The van der Waals surface area contributed by atoms with Gasteiger partial charge >= 0.3 is 0 Å². The molecule has 1 fully saturated rings. The van der Waals surface area contributed by atoms with Gasteiger partial charge < -0.3 is 19.9 Å². The van der Waals surface area contributed by atoms with Crippen LogP contribution in [0.4, 0.5) is 0 Å². The second-order valence-electron chi connectivity index (χ2n) is 4.32. The Bertz CT molecular complexity index is 420. The summed E-state index contributed by atoms with van der Waals surface area (Å²) >= 11 is 0. The van der Waals surface area contributed by atoms with Crippen LogP contribution >= 0.6 is 12.4 Å². The quantitative estimate of drug-likeness (QED) is 0.902. The van der Waals surface area contributed by atoms with E-state index in [0.717, 1.165) is 11.3 Å². The van der Waals surface area contributed by atoms with Crippen LogP contribution in [0.1, 0.15) is 24.4 Å². The smallest absolute Gasteiger partial charge is 0.231 e. The normalized spacial score (nSPS) is 18.5. The molecule has 1 saturated carbocycles. The molecule has 0 spiro atoms. The minimum atomic E-state index is 0. The molecule has 0 radical (unpaired) electrons. The van der Waals surface area contributed by atoms with Crippen molar-refractivity contribution in [2.45, 2.75) is 18.9 Å². The van der Waals surface area contributed by atoms with Crippen LogP contribution in [0.15, 0.2) is 12.1 Å². The van der Waals surface area contributed by atoms with Gasteiger partial charge in [0, 0.05) is 6.04 Å². The highest BCUT2D eigenvalue weighted by Gasteiger charge is 2.31. The maximum atomic E-state index is 6.17. The molecule has 0 saturated heterocycles. The first kappa shape index (κ1) is 12.3. The van der Waals surface area contributed by atoms with Gasteiger partial charge in [0.2, 0.25) is 12.5 Å². The van der Waals surface area contributed by atoms with Crippen molar-refractivity contribution in [2.75, 3.05) is 13.9 Å². The minimum Gasteiger partial charge on any atom is -0.493 e. The van der Waals surface area contributed by atoms with Gasteiger partial charge in [-0.15, -0.1) is 12.4 Å². The highest BCUT2D eigenvalue weighted by Crippen LogP contribution is 2.46. The van der Waals surface area contributed by atoms with Crippen LogP contribution in [0.3, 0.4) is 0 Å². The van der Waals surface area contributed by atoms with E-state index in [-0.39, 0.29) is 25.2 Å². The molecule has 1 heterocycles. The lowest BCUT2D eigenvalue weighted by Crippen LogP contribution is -2.12. The standard InChI is InChI=1S/C12H15NO3.ClH/c1-14-9-4-8(11(13)7-2-3-7)5-10-12(9)16-6-15-10;/h4-5,7,11H,2-3,6,13H2,1H3;1H/t11-;/m1./s1. The zero-order valence-electron chi connectivity index (χ0n) is 9.64. The third kappa shape index (κ3) is 2.15. The molecule has 1 aromatic carbocycles. The van der Waals surface area contributed by atoms with E-state index < -0.39 is 0 Å². The van der Waals surface area contributed by atoms with Crippen LogP contribution in [0, 0.1) is 5.92 Å². The zero-order valence-corrected chi connectivity index (χ0v) is 10.5. The molecule has 1 aliphatic heterocycles. The Morgan fingerprint density at radius 1 is 1.35 bits per heavy atom. The van der Waals surface area contributed by atoms with E-state index in [1.54, 1.807) is 7.11 Å². The Kier molecular flexibility index (Phi) is 3.35. The summed E-state index contributed by atoms with van der Waals surface area (Å²) in [6.45, 7) is 0.258. The summed E-state index contributed by atoms with van der Waals surface area (Å²) in [6.07, 6.45) is 2.44. The van der Waals surface area contributed by atoms with Crippen LogP contribution in [0.5, 0.6) is 17.2 Å². The Labute approximate surface area is 106 Å². The van der Waals surface area contributed by atoms with E-state index in [2.05, 4.69) is 0 Å². The molecular formula is C12H16ClNO3. The van der Waals surface area contributed by atoms with Gasteiger partial charge in [0.25, 0.3) is 0 Å². The molecule has 0 aromatic heterocycles. The summed E-state index contributed by atoms with van der Waals surface area (Å²) in [6, 6.07) is 4.01. The lowest BCUT2D eigenvalue weighted by Gasteiger charge is -2.13. The summed E-state index contributed by atoms with van der Waals surface area (Å²) in [5.74, 6) is 2.76. The van der Waals surface area contributed by atoms with Crippen LogP contribution < -0.4 is 19.9 Å². The van der Waals surface area contributed by atoms with Crippen molar-refractivity contribution in [3.8, 4) is 17.2 Å². The number of benzene rings is 1. The van der Waals surface area contributed by atoms with Crippen molar-refractivity contribution in [1.82, 2.24) is 0 Å². The third-order valence-corrected chi connectivity index (χ3v) is 3.20. The van der Waals surface area contributed by atoms with Gasteiger partial charge in [-0.05, 0) is 36.5 Å². The molecule has 2 aliphatic rings. The first-order valence-corrected chi connectivity index (χ1v) is 5.52. The fraction of sp³-hybridized carbons (Fsp3) is 0.500. The second-order valence-corrected chi connectivity index (χ2v) is 4.32. The summed E-state index contributed by atoms with van der Waals surface area (Å²) in [5.41, 5.74) is 7.24. The molecule has 1 aliphatic carbocycles. The van der Waals surface area contributed by atoms with E-state index in [9.17, 15) is 0 Å². The van der Waals surface area contributed by atoms with E-state index in [4.69, 9.17) is 19.9 Å². The highest BCUT2D eigenvalue weighted by molar-refractivity contribution is 5.85. The number of methoxy groups -OCH3 is 1. The van der Waals surface area contributed by atoms with E-state index in [1.807, 2.05) is 12.1 Å². The topological polar surface area (TPSA) is 53.7 Å². The number of nitrogens with two attached hydrogens (primary N) is 1. The molecule has 0 amide bonds. The van der Waals surface area contributed by atoms with Crippen molar-refractivity contribution < 1.29 is 14.2 Å². The van der Waals surface area contributed by atoms with E-state index in [0.29, 0.717) is 17.4 Å². The van der Waals surface area contributed by atoms with Gasteiger partial charge in [-0.2, -0.15) is 0 Å². The summed E-state index contributed by atoms with van der Waals surface area (Å²) in [5, 5.41) is 0. The van der Waals surface area contributed by atoms with Crippen molar-refractivity contribution in [3.05, 3.63) is 17.7 Å². The molecule has 94 valence electrons. The SMILES string of the molecule is COc1cc([C@H](N)C2CC2)cc2c1OCO2.Cl. The largest absolute Gasteiger partial charge is 0.493 e. The second kappa shape index (κ2) is 4.63. The van der Waals surface area contributed by atoms with E-state index in [1.165, 1.54) is 12.8 Å². The first-order chi connectivity index (χ1) is 7.79. The van der Waals surface area contributed by atoms with Gasteiger partial charge in [-0.1, -0.05) is 0 Å². The lowest BCUT2D eigenvalue weighted by atomic mass is 10.0.